The molecule has 0 fully saturated rings. The molecule has 0 radical (unpaired) electrons. The second kappa shape index (κ2) is 9.20. The summed E-state index contributed by atoms with van der Waals surface area (Å²) in [4.78, 5) is 11.8. The van der Waals surface area contributed by atoms with Crippen LogP contribution in [0.3, 0.4) is 0 Å². The van der Waals surface area contributed by atoms with Gasteiger partial charge in [-0.2, -0.15) is 14.0 Å². The Morgan fingerprint density at radius 2 is 2.22 bits per heavy atom. The summed E-state index contributed by atoms with van der Waals surface area (Å²) in [5.74, 6) is -0.572. The summed E-state index contributed by atoms with van der Waals surface area (Å²) in [6, 6.07) is 5.93. The Hall–Kier alpha value is -2.88. The van der Waals surface area contributed by atoms with Gasteiger partial charge in [0.1, 0.15) is 11.6 Å². The highest BCUT2D eigenvalue weighted by Gasteiger charge is 2.13. The number of benzene rings is 1. The number of rotatable bonds is 8. The van der Waals surface area contributed by atoms with E-state index in [1.165, 1.54) is 30.4 Å². The van der Waals surface area contributed by atoms with Crippen molar-refractivity contribution in [2.24, 2.45) is 0 Å². The molecule has 0 unspecified atom stereocenters. The minimum Gasteiger partial charge on any atom is -0.490 e. The zero-order valence-electron chi connectivity index (χ0n) is 12.5. The first kappa shape index (κ1) is 18.2. The molecule has 0 aliphatic rings. The fourth-order valence-corrected chi connectivity index (χ4v) is 1.65. The van der Waals surface area contributed by atoms with E-state index in [0.717, 1.165) is 0 Å². The molecule has 0 spiro atoms. The minimum absolute atomic E-state index is 0.102. The van der Waals surface area contributed by atoms with Crippen molar-refractivity contribution >= 4 is 12.0 Å². The predicted octanol–water partition coefficient (Wildman–Crippen LogP) is 2.90. The fraction of sp³-hybridized carbons (Fsp3) is 0.250. The number of nitriles is 1. The molecule has 1 aromatic carbocycles. The van der Waals surface area contributed by atoms with Crippen LogP contribution in [0.15, 0.2) is 36.4 Å². The largest absolute Gasteiger partial charge is 0.490 e. The second-order valence-electron chi connectivity index (χ2n) is 4.19. The van der Waals surface area contributed by atoms with Gasteiger partial charge in [0, 0.05) is 6.54 Å². The van der Waals surface area contributed by atoms with Gasteiger partial charge in [0.05, 0.1) is 6.61 Å². The lowest BCUT2D eigenvalue weighted by Crippen LogP contribution is -2.24. The number of hydrogen-bond acceptors (Lipinski definition) is 4. The van der Waals surface area contributed by atoms with E-state index in [1.807, 2.05) is 0 Å². The third-order valence-electron chi connectivity index (χ3n) is 2.57. The molecule has 0 aliphatic heterocycles. The van der Waals surface area contributed by atoms with E-state index in [1.54, 1.807) is 13.0 Å². The van der Waals surface area contributed by atoms with Crippen molar-refractivity contribution in [2.75, 3.05) is 13.2 Å². The Bertz CT molecular complexity index is 637. The van der Waals surface area contributed by atoms with Gasteiger partial charge in [0.15, 0.2) is 11.5 Å². The van der Waals surface area contributed by atoms with Gasteiger partial charge < -0.3 is 14.8 Å². The van der Waals surface area contributed by atoms with Crippen LogP contribution < -0.4 is 14.8 Å². The Balaban J connectivity index is 3.09. The van der Waals surface area contributed by atoms with E-state index in [2.05, 4.69) is 16.6 Å². The van der Waals surface area contributed by atoms with Crippen LogP contribution in [0, 0.1) is 11.3 Å². The number of carbonyl (C=O) groups is 1. The van der Waals surface area contributed by atoms with Crippen LogP contribution in [-0.4, -0.2) is 25.7 Å². The number of nitrogens with one attached hydrogen (secondary N) is 1. The van der Waals surface area contributed by atoms with E-state index < -0.39 is 12.5 Å². The van der Waals surface area contributed by atoms with E-state index in [9.17, 15) is 13.6 Å². The third-order valence-corrected chi connectivity index (χ3v) is 2.57. The molecule has 1 aromatic rings. The first-order chi connectivity index (χ1) is 11.0. The average Bonchev–Trinajstić information content (AvgIpc) is 2.52. The van der Waals surface area contributed by atoms with Crippen molar-refractivity contribution in [1.82, 2.24) is 5.32 Å². The minimum atomic E-state index is -2.98. The lowest BCUT2D eigenvalue weighted by atomic mass is 10.1. The number of amides is 1. The van der Waals surface area contributed by atoms with E-state index in [4.69, 9.17) is 10.00 Å². The molecule has 0 heterocycles. The van der Waals surface area contributed by atoms with Crippen molar-refractivity contribution in [3.63, 3.8) is 0 Å². The molecule has 122 valence electrons. The summed E-state index contributed by atoms with van der Waals surface area (Å²) in [6.45, 7) is 2.65. The average molecular weight is 322 g/mol. The highest BCUT2D eigenvalue weighted by molar-refractivity contribution is 6.01. The standard InChI is InChI=1S/C16H16F2N2O3/c1-3-7-20-15(21)12(10-19)8-11-5-6-13(23-16(17)18)14(9-11)22-4-2/h3,5-6,8-9,16H,1,4,7H2,2H3,(H,20,21)/b12-8+. The molecule has 7 heteroatoms. The number of hydrogen-bond donors (Lipinski definition) is 1. The quantitative estimate of drug-likeness (QED) is 0.454. The van der Waals surface area contributed by atoms with Crippen molar-refractivity contribution in [3.8, 4) is 17.6 Å². The molecule has 0 atom stereocenters. The molecular weight excluding hydrogens is 306 g/mol. The molecule has 0 saturated carbocycles. The Morgan fingerprint density at radius 1 is 1.48 bits per heavy atom. The zero-order chi connectivity index (χ0) is 17.2. The van der Waals surface area contributed by atoms with Crippen LogP contribution in [0.25, 0.3) is 6.08 Å². The normalized spacial score (nSPS) is 10.8. The molecule has 0 bridgehead atoms. The summed E-state index contributed by atoms with van der Waals surface area (Å²) in [6.07, 6.45) is 2.81. The molecule has 0 aliphatic carbocycles. The second-order valence-corrected chi connectivity index (χ2v) is 4.19. The van der Waals surface area contributed by atoms with Crippen molar-refractivity contribution in [1.29, 1.82) is 5.26 Å². The molecule has 23 heavy (non-hydrogen) atoms. The number of ether oxygens (including phenoxy) is 2. The van der Waals surface area contributed by atoms with E-state index in [-0.39, 0.29) is 30.2 Å². The van der Waals surface area contributed by atoms with Gasteiger partial charge in [-0.1, -0.05) is 12.1 Å². The van der Waals surface area contributed by atoms with Gasteiger partial charge in [-0.05, 0) is 30.7 Å². The van der Waals surface area contributed by atoms with Crippen molar-refractivity contribution in [3.05, 3.63) is 42.0 Å². The van der Waals surface area contributed by atoms with E-state index >= 15 is 0 Å². The van der Waals surface area contributed by atoms with Gasteiger partial charge in [-0.25, -0.2) is 0 Å². The van der Waals surface area contributed by atoms with Crippen LogP contribution in [-0.2, 0) is 4.79 Å². The number of halogens is 2. The molecule has 1 N–H and O–H groups in total. The Kier molecular flexibility index (Phi) is 7.27. The molecule has 5 nitrogen and oxygen atoms in total. The summed E-state index contributed by atoms with van der Waals surface area (Å²) in [7, 11) is 0. The summed E-state index contributed by atoms with van der Waals surface area (Å²) in [5.41, 5.74) is 0.317. The van der Waals surface area contributed by atoms with Gasteiger partial charge in [-0.3, -0.25) is 4.79 Å². The fourth-order valence-electron chi connectivity index (χ4n) is 1.65. The van der Waals surface area contributed by atoms with Crippen molar-refractivity contribution < 1.29 is 23.0 Å². The van der Waals surface area contributed by atoms with Gasteiger partial charge >= 0.3 is 6.61 Å². The number of nitrogens with zero attached hydrogens (tertiary/aromatic N) is 1. The highest BCUT2D eigenvalue weighted by atomic mass is 19.3. The number of alkyl halides is 2. The first-order valence-corrected chi connectivity index (χ1v) is 6.74. The molecule has 1 rings (SSSR count). The monoisotopic (exact) mass is 322 g/mol. The van der Waals surface area contributed by atoms with Gasteiger partial charge in [-0.15, -0.1) is 6.58 Å². The third kappa shape index (κ3) is 5.79. The first-order valence-electron chi connectivity index (χ1n) is 6.74. The summed E-state index contributed by atoms with van der Waals surface area (Å²) in [5, 5.41) is 11.5. The van der Waals surface area contributed by atoms with E-state index in [0.29, 0.717) is 5.56 Å². The maximum absolute atomic E-state index is 12.3. The van der Waals surface area contributed by atoms with Gasteiger partial charge in [0.2, 0.25) is 0 Å². The van der Waals surface area contributed by atoms with Crippen LogP contribution >= 0.6 is 0 Å². The smallest absolute Gasteiger partial charge is 0.387 e. The molecule has 0 saturated heterocycles. The summed E-state index contributed by atoms with van der Waals surface area (Å²) >= 11 is 0. The SMILES string of the molecule is C=CCNC(=O)/C(C#N)=C/c1ccc(OC(F)F)c(OCC)c1. The van der Waals surface area contributed by atoms with Crippen molar-refractivity contribution in [2.45, 2.75) is 13.5 Å². The Morgan fingerprint density at radius 3 is 2.78 bits per heavy atom. The maximum atomic E-state index is 12.3. The van der Waals surface area contributed by atoms with Crippen LogP contribution in [0.4, 0.5) is 8.78 Å². The lowest BCUT2D eigenvalue weighted by molar-refractivity contribution is -0.116. The highest BCUT2D eigenvalue weighted by Crippen LogP contribution is 2.30. The van der Waals surface area contributed by atoms with Crippen LogP contribution in [0.5, 0.6) is 11.5 Å². The van der Waals surface area contributed by atoms with Crippen LogP contribution in [0.1, 0.15) is 12.5 Å². The Labute approximate surface area is 132 Å². The topological polar surface area (TPSA) is 71.4 Å². The summed E-state index contributed by atoms with van der Waals surface area (Å²) < 4.78 is 34.3. The zero-order valence-corrected chi connectivity index (χ0v) is 12.5. The predicted molar refractivity (Wildman–Crippen MR) is 81.0 cm³/mol. The van der Waals surface area contributed by atoms with Crippen LogP contribution in [0.2, 0.25) is 0 Å². The lowest BCUT2D eigenvalue weighted by Gasteiger charge is -2.11. The molecule has 1 amide bonds. The number of carbonyl (C=O) groups excluding carboxylic acids is 1. The van der Waals surface area contributed by atoms with Gasteiger partial charge in [0.25, 0.3) is 5.91 Å². The molecule has 0 aromatic heterocycles. The molecular formula is C16H16F2N2O3. The maximum Gasteiger partial charge on any atom is 0.387 e.